The molecule has 1 aromatic heterocycles. The lowest BCUT2D eigenvalue weighted by molar-refractivity contribution is -0.156. The summed E-state index contributed by atoms with van der Waals surface area (Å²) in [5.41, 5.74) is 2.27. The van der Waals surface area contributed by atoms with Gasteiger partial charge in [0.05, 0.1) is 0 Å². The lowest BCUT2D eigenvalue weighted by Crippen LogP contribution is -2.44. The first-order chi connectivity index (χ1) is 15.4. The van der Waals surface area contributed by atoms with Crippen molar-refractivity contribution in [1.29, 1.82) is 0 Å². The van der Waals surface area contributed by atoms with Crippen LogP contribution in [0.5, 0.6) is 11.5 Å². The number of esters is 1. The highest BCUT2D eigenvalue weighted by Gasteiger charge is 2.27. The van der Waals surface area contributed by atoms with Gasteiger partial charge in [0.2, 0.25) is 12.7 Å². The van der Waals surface area contributed by atoms with Gasteiger partial charge in [-0.2, -0.15) is 0 Å². The molecule has 9 heteroatoms. The van der Waals surface area contributed by atoms with Crippen molar-refractivity contribution in [2.45, 2.75) is 32.4 Å². The summed E-state index contributed by atoms with van der Waals surface area (Å²) in [7, 11) is 0. The summed E-state index contributed by atoms with van der Waals surface area (Å²) in [4.78, 5) is 40.1. The van der Waals surface area contributed by atoms with E-state index in [0.717, 1.165) is 16.5 Å². The van der Waals surface area contributed by atoms with Gasteiger partial charge in [-0.15, -0.1) is 0 Å². The Morgan fingerprint density at radius 2 is 1.91 bits per heavy atom. The highest BCUT2D eigenvalue weighted by atomic mass is 16.7. The average molecular weight is 437 g/mol. The first-order valence-electron chi connectivity index (χ1n) is 10.1. The molecule has 2 aromatic carbocycles. The average Bonchev–Trinajstić information content (AvgIpc) is 3.39. The minimum Gasteiger partial charge on any atom is -0.454 e. The van der Waals surface area contributed by atoms with Gasteiger partial charge in [0.25, 0.3) is 5.91 Å². The Labute approximate surface area is 184 Å². The maximum absolute atomic E-state index is 12.8. The third-order valence-corrected chi connectivity index (χ3v) is 5.06. The Morgan fingerprint density at radius 1 is 1.12 bits per heavy atom. The Bertz CT molecular complexity index is 1170. The second-order valence-corrected chi connectivity index (χ2v) is 7.45. The third-order valence-electron chi connectivity index (χ3n) is 5.06. The van der Waals surface area contributed by atoms with Gasteiger partial charge >= 0.3 is 5.97 Å². The first-order valence-corrected chi connectivity index (χ1v) is 10.1. The molecule has 32 heavy (non-hydrogen) atoms. The molecule has 0 spiro atoms. The second kappa shape index (κ2) is 9.01. The fourth-order valence-electron chi connectivity index (χ4n) is 3.49. The molecule has 2 atom stereocenters. The number of carbonyl (C=O) groups is 3. The quantitative estimate of drug-likeness (QED) is 0.489. The molecule has 2 heterocycles. The fourth-order valence-corrected chi connectivity index (χ4v) is 3.49. The molecule has 0 radical (unpaired) electrons. The van der Waals surface area contributed by atoms with Gasteiger partial charge in [-0.25, -0.2) is 4.79 Å². The Balaban J connectivity index is 1.41. The zero-order chi connectivity index (χ0) is 22.7. The Morgan fingerprint density at radius 3 is 2.72 bits per heavy atom. The molecule has 0 bridgehead atoms. The van der Waals surface area contributed by atoms with E-state index in [0.29, 0.717) is 17.2 Å². The normalized spacial score (nSPS) is 13.9. The zero-order valence-corrected chi connectivity index (χ0v) is 17.6. The monoisotopic (exact) mass is 437 g/mol. The molecule has 0 saturated heterocycles. The Kier molecular flexibility index (Phi) is 5.98. The molecular formula is C23H23N3O6. The molecule has 2 amide bonds. The van der Waals surface area contributed by atoms with Crippen molar-refractivity contribution in [3.63, 3.8) is 0 Å². The number of carbonyl (C=O) groups excluding carboxylic acids is 3. The first kappa shape index (κ1) is 21.2. The van der Waals surface area contributed by atoms with Crippen molar-refractivity contribution in [3.05, 3.63) is 54.2 Å². The topological polar surface area (TPSA) is 119 Å². The van der Waals surface area contributed by atoms with Crippen LogP contribution in [-0.4, -0.2) is 41.7 Å². The highest BCUT2D eigenvalue weighted by molar-refractivity contribution is 5.96. The smallest absolute Gasteiger partial charge is 0.329 e. The van der Waals surface area contributed by atoms with Crippen LogP contribution in [0, 0.1) is 0 Å². The van der Waals surface area contributed by atoms with E-state index in [9.17, 15) is 14.4 Å². The van der Waals surface area contributed by atoms with Gasteiger partial charge in [0.1, 0.15) is 6.04 Å². The number of fused-ring (bicyclic) bond motifs is 2. The number of amides is 2. The summed E-state index contributed by atoms with van der Waals surface area (Å²) < 4.78 is 15.9. The SMILES string of the molecule is CC(=O)N[C@H](Cc1c[nH]c2ccccc12)C(=O)O[C@H](C)C(=O)Nc1ccc2c(c1)OCO2. The van der Waals surface area contributed by atoms with Crippen LogP contribution in [0.25, 0.3) is 10.9 Å². The van der Waals surface area contributed by atoms with Crippen molar-refractivity contribution in [1.82, 2.24) is 10.3 Å². The number of hydrogen-bond donors (Lipinski definition) is 3. The predicted octanol–water partition coefficient (Wildman–Crippen LogP) is 2.51. The van der Waals surface area contributed by atoms with Gasteiger partial charge in [-0.1, -0.05) is 18.2 Å². The number of H-pyrrole nitrogens is 1. The van der Waals surface area contributed by atoms with Crippen molar-refractivity contribution in [2.24, 2.45) is 0 Å². The summed E-state index contributed by atoms with van der Waals surface area (Å²) in [6.45, 7) is 2.92. The van der Waals surface area contributed by atoms with Crippen LogP contribution < -0.4 is 20.1 Å². The van der Waals surface area contributed by atoms with E-state index < -0.39 is 24.0 Å². The second-order valence-electron chi connectivity index (χ2n) is 7.45. The molecule has 4 rings (SSSR count). The lowest BCUT2D eigenvalue weighted by atomic mass is 10.0. The number of ether oxygens (including phenoxy) is 3. The van der Waals surface area contributed by atoms with Crippen LogP contribution in [0.2, 0.25) is 0 Å². The van der Waals surface area contributed by atoms with Crippen LogP contribution in [-0.2, 0) is 25.5 Å². The van der Waals surface area contributed by atoms with Crippen LogP contribution >= 0.6 is 0 Å². The van der Waals surface area contributed by atoms with Crippen molar-refractivity contribution < 1.29 is 28.6 Å². The number of para-hydroxylation sites is 1. The molecule has 1 aliphatic heterocycles. The largest absolute Gasteiger partial charge is 0.454 e. The molecule has 0 aliphatic carbocycles. The van der Waals surface area contributed by atoms with E-state index in [-0.39, 0.29) is 19.1 Å². The highest BCUT2D eigenvalue weighted by Crippen LogP contribution is 2.34. The minimum atomic E-state index is -1.08. The zero-order valence-electron chi connectivity index (χ0n) is 17.6. The van der Waals surface area contributed by atoms with E-state index in [1.54, 1.807) is 24.4 Å². The maximum Gasteiger partial charge on any atom is 0.329 e. The van der Waals surface area contributed by atoms with Crippen molar-refractivity contribution in [2.75, 3.05) is 12.1 Å². The van der Waals surface area contributed by atoms with E-state index in [1.165, 1.54) is 13.8 Å². The van der Waals surface area contributed by atoms with Gasteiger partial charge in [-0.3, -0.25) is 9.59 Å². The lowest BCUT2D eigenvalue weighted by Gasteiger charge is -2.20. The van der Waals surface area contributed by atoms with E-state index in [2.05, 4.69) is 15.6 Å². The minimum absolute atomic E-state index is 0.127. The van der Waals surface area contributed by atoms with Crippen LogP contribution in [0.15, 0.2) is 48.7 Å². The molecule has 1 aliphatic rings. The number of benzene rings is 2. The molecule has 9 nitrogen and oxygen atoms in total. The molecule has 0 unspecified atom stereocenters. The summed E-state index contributed by atoms with van der Waals surface area (Å²) in [5.74, 6) is -0.455. The third kappa shape index (κ3) is 4.66. The summed E-state index contributed by atoms with van der Waals surface area (Å²) in [6, 6.07) is 11.7. The van der Waals surface area contributed by atoms with Gasteiger partial charge in [0.15, 0.2) is 17.6 Å². The predicted molar refractivity (Wildman–Crippen MR) is 116 cm³/mol. The molecule has 0 saturated carbocycles. The standard InChI is InChI=1S/C23H23N3O6/c1-13(22(28)26-16-7-8-20-21(10-16)31-12-30-20)32-23(29)19(25-14(2)27)9-15-11-24-18-6-4-3-5-17(15)18/h3-8,10-11,13,19,24H,9,12H2,1-2H3,(H,25,27)(H,26,28)/t13-,19-/m1/s1. The van der Waals surface area contributed by atoms with Crippen LogP contribution in [0.4, 0.5) is 5.69 Å². The molecule has 3 aromatic rings. The van der Waals surface area contributed by atoms with E-state index >= 15 is 0 Å². The molecule has 166 valence electrons. The number of rotatable bonds is 7. The maximum atomic E-state index is 12.8. The molecular weight excluding hydrogens is 414 g/mol. The van der Waals surface area contributed by atoms with Crippen molar-refractivity contribution in [3.8, 4) is 11.5 Å². The van der Waals surface area contributed by atoms with Gasteiger partial charge < -0.3 is 29.8 Å². The van der Waals surface area contributed by atoms with Gasteiger partial charge in [0, 0.05) is 42.2 Å². The number of hydrogen-bond acceptors (Lipinski definition) is 6. The number of aromatic nitrogens is 1. The fraction of sp³-hybridized carbons (Fsp3) is 0.261. The van der Waals surface area contributed by atoms with Crippen LogP contribution in [0.1, 0.15) is 19.4 Å². The summed E-state index contributed by atoms with van der Waals surface area (Å²) >= 11 is 0. The molecule has 0 fully saturated rings. The van der Waals surface area contributed by atoms with Gasteiger partial charge in [-0.05, 0) is 30.7 Å². The number of aromatic amines is 1. The molecule has 3 N–H and O–H groups in total. The van der Waals surface area contributed by atoms with Crippen LogP contribution in [0.3, 0.4) is 0 Å². The number of nitrogens with one attached hydrogen (secondary N) is 3. The Hall–Kier alpha value is -4.01. The summed E-state index contributed by atoms with van der Waals surface area (Å²) in [5, 5.41) is 6.25. The summed E-state index contributed by atoms with van der Waals surface area (Å²) in [6.07, 6.45) is 0.939. The number of anilines is 1. The van der Waals surface area contributed by atoms with Crippen molar-refractivity contribution >= 4 is 34.4 Å². The van der Waals surface area contributed by atoms with E-state index in [4.69, 9.17) is 14.2 Å². The van der Waals surface area contributed by atoms with E-state index in [1.807, 2.05) is 24.3 Å².